The number of nitrogens with zero attached hydrogens (tertiary/aromatic N) is 1. The molecular formula is C15H16BrFN2. The molecule has 2 aromatic rings. The van der Waals surface area contributed by atoms with Crippen LogP contribution in [0.1, 0.15) is 37.2 Å². The van der Waals surface area contributed by atoms with Gasteiger partial charge in [-0.1, -0.05) is 28.1 Å². The molecule has 2 rings (SSSR count). The van der Waals surface area contributed by atoms with Gasteiger partial charge in [-0.2, -0.15) is 0 Å². The van der Waals surface area contributed by atoms with E-state index in [2.05, 4.69) is 45.3 Å². The van der Waals surface area contributed by atoms with E-state index >= 15 is 0 Å². The Hall–Kier alpha value is -1.26. The van der Waals surface area contributed by atoms with Crippen LogP contribution in [0.2, 0.25) is 0 Å². The molecular weight excluding hydrogens is 307 g/mol. The van der Waals surface area contributed by atoms with Crippen molar-refractivity contribution in [3.8, 4) is 0 Å². The first kappa shape index (κ1) is 14.2. The monoisotopic (exact) mass is 322 g/mol. The minimum atomic E-state index is -0.309. The zero-order chi connectivity index (χ0) is 13.8. The normalized spacial score (nSPS) is 14.1. The Bertz CT molecular complexity index is 542. The van der Waals surface area contributed by atoms with Gasteiger partial charge in [0.2, 0.25) is 0 Å². The van der Waals surface area contributed by atoms with Crippen molar-refractivity contribution < 1.29 is 4.39 Å². The number of pyridine rings is 1. The van der Waals surface area contributed by atoms with Crippen LogP contribution >= 0.6 is 15.9 Å². The highest BCUT2D eigenvalue weighted by Gasteiger charge is 2.12. The van der Waals surface area contributed by atoms with Crippen LogP contribution in [0.15, 0.2) is 47.1 Å². The molecule has 1 heterocycles. The summed E-state index contributed by atoms with van der Waals surface area (Å²) in [6, 6.07) is 11.6. The lowest BCUT2D eigenvalue weighted by atomic mass is 10.1. The molecule has 0 aliphatic heterocycles. The standard InChI is InChI=1S/C15H16BrFN2/c1-10(12-4-3-5-13(16)8-12)19-11(2)15-7-6-14(17)9-18-15/h3-11,19H,1-2H3/t10-,11?/m1/s1. The van der Waals surface area contributed by atoms with Crippen molar-refractivity contribution >= 4 is 15.9 Å². The Morgan fingerprint density at radius 2 is 1.95 bits per heavy atom. The van der Waals surface area contributed by atoms with Crippen LogP contribution in [0.3, 0.4) is 0 Å². The van der Waals surface area contributed by atoms with E-state index in [1.807, 2.05) is 19.1 Å². The molecule has 2 nitrogen and oxygen atoms in total. The fourth-order valence-electron chi connectivity index (χ4n) is 1.98. The molecule has 2 atom stereocenters. The number of rotatable bonds is 4. The number of hydrogen-bond donors (Lipinski definition) is 1. The van der Waals surface area contributed by atoms with Gasteiger partial charge in [-0.05, 0) is 43.7 Å². The summed E-state index contributed by atoms with van der Waals surface area (Å²) in [6.45, 7) is 4.12. The third kappa shape index (κ3) is 3.85. The molecule has 1 unspecified atom stereocenters. The van der Waals surface area contributed by atoms with Crippen molar-refractivity contribution in [2.45, 2.75) is 25.9 Å². The molecule has 0 fully saturated rings. The maximum absolute atomic E-state index is 12.8. The third-order valence-electron chi connectivity index (χ3n) is 3.04. The molecule has 0 radical (unpaired) electrons. The average molecular weight is 323 g/mol. The third-order valence-corrected chi connectivity index (χ3v) is 3.54. The summed E-state index contributed by atoms with van der Waals surface area (Å²) in [5.74, 6) is -0.309. The summed E-state index contributed by atoms with van der Waals surface area (Å²) in [6.07, 6.45) is 1.25. The predicted molar refractivity (Wildman–Crippen MR) is 78.3 cm³/mol. The van der Waals surface area contributed by atoms with E-state index < -0.39 is 0 Å². The molecule has 0 saturated heterocycles. The van der Waals surface area contributed by atoms with Crippen LogP contribution in [-0.2, 0) is 0 Å². The van der Waals surface area contributed by atoms with Crippen LogP contribution < -0.4 is 5.32 Å². The number of halogens is 2. The first-order valence-electron chi connectivity index (χ1n) is 6.19. The highest BCUT2D eigenvalue weighted by Crippen LogP contribution is 2.21. The first-order chi connectivity index (χ1) is 9.06. The Kier molecular flexibility index (Phi) is 4.66. The minimum absolute atomic E-state index is 0.0644. The Labute approximate surface area is 121 Å². The molecule has 1 aromatic carbocycles. The van der Waals surface area contributed by atoms with Gasteiger partial charge in [-0.3, -0.25) is 4.98 Å². The van der Waals surface area contributed by atoms with Gasteiger partial charge in [0, 0.05) is 16.6 Å². The lowest BCUT2D eigenvalue weighted by molar-refractivity contribution is 0.484. The summed E-state index contributed by atoms with van der Waals surface area (Å²) < 4.78 is 13.9. The second-order valence-electron chi connectivity index (χ2n) is 4.57. The van der Waals surface area contributed by atoms with E-state index in [0.29, 0.717) is 0 Å². The van der Waals surface area contributed by atoms with Crippen LogP contribution in [0.25, 0.3) is 0 Å². The summed E-state index contributed by atoms with van der Waals surface area (Å²) in [7, 11) is 0. The topological polar surface area (TPSA) is 24.9 Å². The van der Waals surface area contributed by atoms with Gasteiger partial charge in [0.05, 0.1) is 11.9 Å². The summed E-state index contributed by atoms with van der Waals surface area (Å²) >= 11 is 3.47. The molecule has 0 bridgehead atoms. The maximum atomic E-state index is 12.8. The van der Waals surface area contributed by atoms with Crippen molar-refractivity contribution in [3.63, 3.8) is 0 Å². The van der Waals surface area contributed by atoms with Crippen LogP contribution in [-0.4, -0.2) is 4.98 Å². The zero-order valence-corrected chi connectivity index (χ0v) is 12.5. The highest BCUT2D eigenvalue weighted by molar-refractivity contribution is 9.10. The molecule has 1 N–H and O–H groups in total. The van der Waals surface area contributed by atoms with Crippen molar-refractivity contribution in [3.05, 3.63) is 64.1 Å². The molecule has 0 spiro atoms. The maximum Gasteiger partial charge on any atom is 0.141 e. The average Bonchev–Trinajstić information content (AvgIpc) is 2.39. The molecule has 19 heavy (non-hydrogen) atoms. The summed E-state index contributed by atoms with van der Waals surface area (Å²) in [5, 5.41) is 3.45. The molecule has 0 saturated carbocycles. The quantitative estimate of drug-likeness (QED) is 0.902. The van der Waals surface area contributed by atoms with E-state index in [0.717, 1.165) is 10.2 Å². The fraction of sp³-hybridized carbons (Fsp3) is 0.267. The molecule has 0 aliphatic carbocycles. The van der Waals surface area contributed by atoms with E-state index in [1.165, 1.54) is 17.8 Å². The first-order valence-corrected chi connectivity index (χ1v) is 6.98. The molecule has 1 aromatic heterocycles. The zero-order valence-electron chi connectivity index (χ0n) is 10.9. The summed E-state index contributed by atoms with van der Waals surface area (Å²) in [4.78, 5) is 4.10. The lowest BCUT2D eigenvalue weighted by Crippen LogP contribution is -2.23. The summed E-state index contributed by atoms with van der Waals surface area (Å²) in [5.41, 5.74) is 2.03. The van der Waals surface area contributed by atoms with E-state index in [1.54, 1.807) is 6.07 Å². The lowest BCUT2D eigenvalue weighted by Gasteiger charge is -2.20. The van der Waals surface area contributed by atoms with Gasteiger partial charge >= 0.3 is 0 Å². The van der Waals surface area contributed by atoms with Gasteiger partial charge in [0.15, 0.2) is 0 Å². The van der Waals surface area contributed by atoms with Gasteiger partial charge in [-0.25, -0.2) is 4.39 Å². The number of nitrogens with one attached hydrogen (secondary N) is 1. The SMILES string of the molecule is CC(N[C@H](C)c1cccc(Br)c1)c1ccc(F)cn1. The number of hydrogen-bond acceptors (Lipinski definition) is 2. The molecule has 0 amide bonds. The van der Waals surface area contributed by atoms with Gasteiger partial charge in [0.1, 0.15) is 5.82 Å². The molecule has 0 aliphatic rings. The van der Waals surface area contributed by atoms with Gasteiger partial charge in [0.25, 0.3) is 0 Å². The smallest absolute Gasteiger partial charge is 0.141 e. The second-order valence-corrected chi connectivity index (χ2v) is 5.48. The second kappa shape index (κ2) is 6.26. The van der Waals surface area contributed by atoms with E-state index in [4.69, 9.17) is 0 Å². The largest absolute Gasteiger partial charge is 0.302 e. The van der Waals surface area contributed by atoms with Crippen molar-refractivity contribution in [1.29, 1.82) is 0 Å². The van der Waals surface area contributed by atoms with Crippen molar-refractivity contribution in [2.24, 2.45) is 0 Å². The predicted octanol–water partition coefficient (Wildman–Crippen LogP) is 4.40. The van der Waals surface area contributed by atoms with Crippen molar-refractivity contribution in [1.82, 2.24) is 10.3 Å². The van der Waals surface area contributed by atoms with E-state index in [-0.39, 0.29) is 17.9 Å². The fourth-order valence-corrected chi connectivity index (χ4v) is 2.39. The van der Waals surface area contributed by atoms with Crippen LogP contribution in [0.5, 0.6) is 0 Å². The van der Waals surface area contributed by atoms with Gasteiger partial charge in [-0.15, -0.1) is 0 Å². The number of benzene rings is 1. The highest BCUT2D eigenvalue weighted by atomic mass is 79.9. The van der Waals surface area contributed by atoms with Gasteiger partial charge < -0.3 is 5.32 Å². The Morgan fingerprint density at radius 3 is 2.58 bits per heavy atom. The van der Waals surface area contributed by atoms with Crippen LogP contribution in [0.4, 0.5) is 4.39 Å². The Balaban J connectivity index is 2.06. The van der Waals surface area contributed by atoms with E-state index in [9.17, 15) is 4.39 Å². The minimum Gasteiger partial charge on any atom is -0.302 e. The Morgan fingerprint density at radius 1 is 1.16 bits per heavy atom. The molecule has 100 valence electrons. The number of aromatic nitrogens is 1. The van der Waals surface area contributed by atoms with Crippen molar-refractivity contribution in [2.75, 3.05) is 0 Å². The molecule has 4 heteroatoms. The van der Waals surface area contributed by atoms with Crippen LogP contribution in [0, 0.1) is 5.82 Å².